The average molecular weight is 522 g/mol. The van der Waals surface area contributed by atoms with Gasteiger partial charge in [0.05, 0.1) is 0 Å². The molecular formula is C33H35N3O3. The fourth-order valence-corrected chi connectivity index (χ4v) is 5.74. The Morgan fingerprint density at radius 3 is 2.51 bits per heavy atom. The van der Waals surface area contributed by atoms with Crippen molar-refractivity contribution < 1.29 is 14.3 Å². The number of aryl methyl sites for hydroxylation is 1. The third-order valence-electron chi connectivity index (χ3n) is 7.91. The highest BCUT2D eigenvalue weighted by molar-refractivity contribution is 5.87. The number of amides is 1. The second-order valence-electron chi connectivity index (χ2n) is 10.3. The molecule has 1 unspecified atom stereocenters. The lowest BCUT2D eigenvalue weighted by Gasteiger charge is -2.35. The van der Waals surface area contributed by atoms with Crippen LogP contribution < -0.4 is 9.47 Å². The van der Waals surface area contributed by atoms with Gasteiger partial charge in [-0.1, -0.05) is 66.7 Å². The number of aromatic nitrogens is 1. The minimum absolute atomic E-state index is 0.0727. The van der Waals surface area contributed by atoms with E-state index in [4.69, 9.17) is 9.47 Å². The van der Waals surface area contributed by atoms with Crippen molar-refractivity contribution in [2.45, 2.75) is 25.8 Å². The molecule has 6 rings (SSSR count). The molecule has 0 bridgehead atoms. The number of hydrogen-bond donors (Lipinski definition) is 0. The van der Waals surface area contributed by atoms with E-state index in [1.165, 1.54) is 22.0 Å². The molecule has 3 heterocycles. The van der Waals surface area contributed by atoms with Crippen LogP contribution in [0.1, 0.15) is 36.0 Å². The standard InChI is InChI=1S/C33H35N3O3/c1-2-35-23-29(27-12-6-7-13-30(27)35)28(26-14-15-31-32(21-26)39-24-38-31)22-33(37)36-19-17-34(18-20-36)16-8-11-25-9-4-3-5-10-25/h3-15,21,23,28H,2,16-20,22,24H2,1H3/b11-8+. The monoisotopic (exact) mass is 521 g/mol. The molecule has 2 aliphatic rings. The van der Waals surface area contributed by atoms with Crippen LogP contribution >= 0.6 is 0 Å². The number of hydrogen-bond acceptors (Lipinski definition) is 4. The van der Waals surface area contributed by atoms with Crippen LogP contribution in [0.5, 0.6) is 11.5 Å². The van der Waals surface area contributed by atoms with Crippen LogP contribution in [0, 0.1) is 0 Å². The summed E-state index contributed by atoms with van der Waals surface area (Å²) >= 11 is 0. The number of rotatable bonds is 8. The summed E-state index contributed by atoms with van der Waals surface area (Å²) < 4.78 is 13.5. The van der Waals surface area contributed by atoms with Gasteiger partial charge in [0.15, 0.2) is 11.5 Å². The Labute approximate surface area is 230 Å². The van der Waals surface area contributed by atoms with Crippen LogP contribution in [-0.2, 0) is 11.3 Å². The van der Waals surface area contributed by atoms with Crippen LogP contribution in [0.25, 0.3) is 17.0 Å². The van der Waals surface area contributed by atoms with E-state index in [9.17, 15) is 4.79 Å². The van der Waals surface area contributed by atoms with Crippen LogP contribution in [0.15, 0.2) is 85.1 Å². The first-order valence-corrected chi connectivity index (χ1v) is 13.9. The van der Waals surface area contributed by atoms with Gasteiger partial charge >= 0.3 is 0 Å². The highest BCUT2D eigenvalue weighted by Crippen LogP contribution is 2.40. The predicted octanol–water partition coefficient (Wildman–Crippen LogP) is 5.77. The fraction of sp³-hybridized carbons (Fsp3) is 0.303. The molecule has 1 atom stereocenters. The van der Waals surface area contributed by atoms with Crippen molar-refractivity contribution in [3.8, 4) is 11.5 Å². The first kappa shape index (κ1) is 25.3. The highest BCUT2D eigenvalue weighted by atomic mass is 16.7. The average Bonchev–Trinajstić information content (AvgIpc) is 3.61. The largest absolute Gasteiger partial charge is 0.454 e. The van der Waals surface area contributed by atoms with Gasteiger partial charge in [-0.25, -0.2) is 0 Å². The van der Waals surface area contributed by atoms with Crippen molar-refractivity contribution >= 4 is 22.9 Å². The Bertz CT molecular complexity index is 1470. The summed E-state index contributed by atoms with van der Waals surface area (Å²) in [7, 11) is 0. The molecule has 6 heteroatoms. The summed E-state index contributed by atoms with van der Waals surface area (Å²) in [5.74, 6) is 1.64. The molecular weight excluding hydrogens is 486 g/mol. The van der Waals surface area contributed by atoms with Gasteiger partial charge in [0.25, 0.3) is 0 Å². The lowest BCUT2D eigenvalue weighted by Crippen LogP contribution is -2.48. The van der Waals surface area contributed by atoms with E-state index in [0.29, 0.717) is 6.42 Å². The second-order valence-corrected chi connectivity index (χ2v) is 10.3. The summed E-state index contributed by atoms with van der Waals surface area (Å²) in [5.41, 5.74) is 4.68. The number of nitrogens with zero attached hydrogens (tertiary/aromatic N) is 3. The van der Waals surface area contributed by atoms with Crippen LogP contribution in [0.3, 0.4) is 0 Å². The predicted molar refractivity (Wildman–Crippen MR) is 155 cm³/mol. The van der Waals surface area contributed by atoms with Gasteiger partial charge in [0, 0.05) is 68.7 Å². The van der Waals surface area contributed by atoms with Gasteiger partial charge in [0.2, 0.25) is 12.7 Å². The first-order chi connectivity index (χ1) is 19.2. The van der Waals surface area contributed by atoms with Crippen LogP contribution in [0.2, 0.25) is 0 Å². The van der Waals surface area contributed by atoms with Crippen molar-refractivity contribution in [2.24, 2.45) is 0 Å². The number of ether oxygens (including phenoxy) is 2. The summed E-state index contributed by atoms with van der Waals surface area (Å²) in [4.78, 5) is 18.2. The van der Waals surface area contributed by atoms with Crippen LogP contribution in [0.4, 0.5) is 0 Å². The number of piperazine rings is 1. The molecule has 1 fully saturated rings. The number of fused-ring (bicyclic) bond motifs is 2. The molecule has 0 N–H and O–H groups in total. The fourth-order valence-electron chi connectivity index (χ4n) is 5.74. The zero-order chi connectivity index (χ0) is 26.6. The Hall–Kier alpha value is -4.03. The lowest BCUT2D eigenvalue weighted by molar-refractivity contribution is -0.133. The van der Waals surface area contributed by atoms with E-state index in [1.54, 1.807) is 0 Å². The number of carbonyl (C=O) groups excluding carboxylic acids is 1. The Morgan fingerprint density at radius 2 is 1.69 bits per heavy atom. The Kier molecular flexibility index (Phi) is 7.37. The van der Waals surface area contributed by atoms with Crippen LogP contribution in [-0.4, -0.2) is 59.8 Å². The minimum Gasteiger partial charge on any atom is -0.454 e. The molecule has 0 radical (unpaired) electrons. The normalized spacial score (nSPS) is 16.3. The quantitative estimate of drug-likeness (QED) is 0.295. The molecule has 0 saturated carbocycles. The SMILES string of the molecule is CCn1cc(C(CC(=O)N2CCN(C/C=C/c3ccccc3)CC2)c2ccc3c(c2)OCO3)c2ccccc21. The third kappa shape index (κ3) is 5.43. The van der Waals surface area contributed by atoms with Gasteiger partial charge in [0.1, 0.15) is 0 Å². The second kappa shape index (κ2) is 11.4. The molecule has 4 aromatic rings. The van der Waals surface area contributed by atoms with Gasteiger partial charge in [-0.2, -0.15) is 0 Å². The maximum Gasteiger partial charge on any atom is 0.231 e. The summed E-state index contributed by atoms with van der Waals surface area (Å²) in [6.07, 6.45) is 7.03. The van der Waals surface area contributed by atoms with Crippen molar-refractivity contribution in [3.05, 3.63) is 102 Å². The zero-order valence-electron chi connectivity index (χ0n) is 22.5. The van der Waals surface area contributed by atoms with E-state index < -0.39 is 0 Å². The Balaban J connectivity index is 1.19. The Morgan fingerprint density at radius 1 is 0.923 bits per heavy atom. The van der Waals surface area contributed by atoms with E-state index in [-0.39, 0.29) is 18.6 Å². The van der Waals surface area contributed by atoms with E-state index in [1.807, 2.05) is 17.0 Å². The van der Waals surface area contributed by atoms with Gasteiger partial charge in [-0.3, -0.25) is 9.69 Å². The maximum absolute atomic E-state index is 13.7. The van der Waals surface area contributed by atoms with Gasteiger partial charge < -0.3 is 18.9 Å². The number of para-hydroxylation sites is 1. The first-order valence-electron chi connectivity index (χ1n) is 13.9. The van der Waals surface area contributed by atoms with Crippen molar-refractivity contribution in [3.63, 3.8) is 0 Å². The smallest absolute Gasteiger partial charge is 0.231 e. The highest BCUT2D eigenvalue weighted by Gasteiger charge is 2.28. The summed E-state index contributed by atoms with van der Waals surface area (Å²) in [5, 5.41) is 1.20. The van der Waals surface area contributed by atoms with Gasteiger partial charge in [-0.15, -0.1) is 0 Å². The molecule has 1 aromatic heterocycles. The molecule has 0 aliphatic carbocycles. The molecule has 1 amide bonds. The van der Waals surface area contributed by atoms with Crippen molar-refractivity contribution in [1.82, 2.24) is 14.4 Å². The molecule has 0 spiro atoms. The molecule has 6 nitrogen and oxygen atoms in total. The number of benzene rings is 3. The van der Waals surface area contributed by atoms with Gasteiger partial charge in [-0.05, 0) is 41.8 Å². The summed E-state index contributed by atoms with van der Waals surface area (Å²) in [6, 6.07) is 25.0. The zero-order valence-corrected chi connectivity index (χ0v) is 22.5. The molecule has 39 heavy (non-hydrogen) atoms. The minimum atomic E-state index is -0.0727. The summed E-state index contributed by atoms with van der Waals surface area (Å²) in [6.45, 7) is 7.44. The molecule has 1 saturated heterocycles. The molecule has 200 valence electrons. The van der Waals surface area contributed by atoms with E-state index >= 15 is 0 Å². The van der Waals surface area contributed by atoms with E-state index in [0.717, 1.165) is 56.3 Å². The van der Waals surface area contributed by atoms with Crippen molar-refractivity contribution in [2.75, 3.05) is 39.5 Å². The van der Waals surface area contributed by atoms with Crippen molar-refractivity contribution in [1.29, 1.82) is 0 Å². The topological polar surface area (TPSA) is 46.9 Å². The number of carbonyl (C=O) groups is 1. The lowest BCUT2D eigenvalue weighted by atomic mass is 9.87. The molecule has 2 aliphatic heterocycles. The van der Waals surface area contributed by atoms with E-state index in [2.05, 4.69) is 95.4 Å². The third-order valence-corrected chi connectivity index (χ3v) is 7.91. The maximum atomic E-state index is 13.7. The molecule has 3 aromatic carbocycles.